The number of furan rings is 1. The van der Waals surface area contributed by atoms with Crippen LogP contribution in [0.5, 0.6) is 0 Å². The number of nitrogens with one attached hydrogen (secondary N) is 1. The minimum absolute atomic E-state index is 0.0699. The predicted octanol–water partition coefficient (Wildman–Crippen LogP) is 1.96. The first-order valence-corrected chi connectivity index (χ1v) is 9.54. The molecular weight excluding hydrogens is 376 g/mol. The van der Waals surface area contributed by atoms with Crippen molar-refractivity contribution in [3.63, 3.8) is 0 Å². The molecule has 1 aliphatic heterocycles. The molecule has 2 heterocycles. The molecule has 1 aromatic heterocycles. The number of aryl methyl sites for hydroxylation is 1. The molecule has 0 bridgehead atoms. The van der Waals surface area contributed by atoms with Gasteiger partial charge in [0.1, 0.15) is 17.2 Å². The number of nitro groups is 1. The fraction of sp³-hybridized carbons (Fsp3) is 0.312. The number of ether oxygens (including phenoxy) is 1. The van der Waals surface area contributed by atoms with E-state index in [2.05, 4.69) is 10.5 Å². The third-order valence-corrected chi connectivity index (χ3v) is 5.81. The number of morpholine rings is 1. The van der Waals surface area contributed by atoms with Crippen LogP contribution >= 0.6 is 0 Å². The van der Waals surface area contributed by atoms with Crippen LogP contribution in [-0.2, 0) is 14.8 Å². The van der Waals surface area contributed by atoms with Gasteiger partial charge in [0, 0.05) is 19.2 Å². The lowest BCUT2D eigenvalue weighted by Crippen LogP contribution is -2.40. The highest BCUT2D eigenvalue weighted by atomic mass is 32.2. The quantitative estimate of drug-likeness (QED) is 0.451. The Morgan fingerprint density at radius 3 is 2.63 bits per heavy atom. The number of hydrogen-bond donors (Lipinski definition) is 1. The lowest BCUT2D eigenvalue weighted by Gasteiger charge is -2.26. The zero-order valence-electron chi connectivity index (χ0n) is 14.5. The Morgan fingerprint density at radius 2 is 2.00 bits per heavy atom. The van der Waals surface area contributed by atoms with Gasteiger partial charge in [-0.15, -0.1) is 0 Å². The molecule has 0 radical (unpaired) electrons. The van der Waals surface area contributed by atoms with E-state index in [4.69, 9.17) is 9.15 Å². The fourth-order valence-electron chi connectivity index (χ4n) is 2.54. The average Bonchev–Trinajstić information content (AvgIpc) is 3.07. The second-order valence-corrected chi connectivity index (χ2v) is 7.71. The van der Waals surface area contributed by atoms with Gasteiger partial charge in [0.2, 0.25) is 10.0 Å². The minimum Gasteiger partial charge on any atom is -0.460 e. The summed E-state index contributed by atoms with van der Waals surface area (Å²) in [6.07, 6.45) is 1.37. The van der Waals surface area contributed by atoms with Gasteiger partial charge >= 0.3 is 0 Å². The van der Waals surface area contributed by atoms with Crippen LogP contribution < -0.4 is 5.43 Å². The van der Waals surface area contributed by atoms with Crippen molar-refractivity contribution in [2.24, 2.45) is 5.10 Å². The van der Waals surface area contributed by atoms with Crippen molar-refractivity contribution >= 4 is 27.6 Å². The van der Waals surface area contributed by atoms with E-state index in [0.717, 1.165) is 6.07 Å². The van der Waals surface area contributed by atoms with Crippen LogP contribution in [0.1, 0.15) is 11.5 Å². The molecule has 1 N–H and O–H groups in total. The summed E-state index contributed by atoms with van der Waals surface area (Å²) in [7, 11) is -3.83. The molecule has 10 nitrogen and oxygen atoms in total. The Morgan fingerprint density at radius 1 is 1.26 bits per heavy atom. The van der Waals surface area contributed by atoms with Crippen LogP contribution in [0.3, 0.4) is 0 Å². The maximum absolute atomic E-state index is 12.7. The molecule has 0 atom stereocenters. The Kier molecular flexibility index (Phi) is 5.54. The van der Waals surface area contributed by atoms with Gasteiger partial charge in [0.25, 0.3) is 5.69 Å². The maximum atomic E-state index is 12.7. The summed E-state index contributed by atoms with van der Waals surface area (Å²) in [6, 6.07) is 7.12. The summed E-state index contributed by atoms with van der Waals surface area (Å²) in [4.78, 5) is 10.6. The van der Waals surface area contributed by atoms with E-state index >= 15 is 0 Å². The third kappa shape index (κ3) is 4.32. The highest BCUT2D eigenvalue weighted by Crippen LogP contribution is 2.29. The zero-order valence-corrected chi connectivity index (χ0v) is 15.3. The van der Waals surface area contributed by atoms with Gasteiger partial charge in [-0.05, 0) is 31.2 Å². The van der Waals surface area contributed by atoms with E-state index < -0.39 is 20.6 Å². The molecule has 27 heavy (non-hydrogen) atoms. The van der Waals surface area contributed by atoms with Crippen molar-refractivity contribution in [1.29, 1.82) is 0 Å². The monoisotopic (exact) mass is 394 g/mol. The highest BCUT2D eigenvalue weighted by Gasteiger charge is 2.28. The first-order chi connectivity index (χ1) is 12.9. The van der Waals surface area contributed by atoms with Gasteiger partial charge in [-0.1, -0.05) is 0 Å². The number of rotatable bonds is 6. The van der Waals surface area contributed by atoms with Gasteiger partial charge < -0.3 is 9.15 Å². The molecule has 0 unspecified atom stereocenters. The molecule has 2 aromatic rings. The Balaban J connectivity index is 1.84. The number of nitrogens with zero attached hydrogens (tertiary/aromatic N) is 3. The third-order valence-electron chi connectivity index (χ3n) is 3.91. The predicted molar refractivity (Wildman–Crippen MR) is 97.3 cm³/mol. The van der Waals surface area contributed by atoms with Crippen molar-refractivity contribution < 1.29 is 22.5 Å². The van der Waals surface area contributed by atoms with Gasteiger partial charge in [0.05, 0.1) is 29.2 Å². The molecule has 0 spiro atoms. The van der Waals surface area contributed by atoms with Crippen LogP contribution in [0.2, 0.25) is 0 Å². The van der Waals surface area contributed by atoms with E-state index in [1.165, 1.54) is 22.7 Å². The van der Waals surface area contributed by atoms with Crippen LogP contribution in [0.25, 0.3) is 0 Å². The van der Waals surface area contributed by atoms with E-state index in [-0.39, 0.29) is 23.7 Å². The fourth-order valence-corrected chi connectivity index (χ4v) is 3.97. The standard InChI is InChI=1S/C16H18N4O6S/c1-12-2-3-13(26-12)11-17-18-15-5-4-14(10-16(15)20(21)22)27(23,24)19-6-8-25-9-7-19/h2-5,10-11,18H,6-9H2,1H3/b17-11+. The minimum atomic E-state index is -3.83. The molecule has 1 saturated heterocycles. The van der Waals surface area contributed by atoms with Gasteiger partial charge in [-0.2, -0.15) is 9.41 Å². The van der Waals surface area contributed by atoms with Crippen LogP contribution in [0.15, 0.2) is 44.7 Å². The molecular formula is C16H18N4O6S. The summed E-state index contributed by atoms with van der Waals surface area (Å²) in [5.74, 6) is 1.19. The highest BCUT2D eigenvalue weighted by molar-refractivity contribution is 7.89. The number of hydrogen-bond acceptors (Lipinski definition) is 8. The van der Waals surface area contributed by atoms with Crippen molar-refractivity contribution in [2.75, 3.05) is 31.7 Å². The van der Waals surface area contributed by atoms with E-state index in [1.54, 1.807) is 19.1 Å². The maximum Gasteiger partial charge on any atom is 0.295 e. The van der Waals surface area contributed by atoms with Crippen LogP contribution in [0, 0.1) is 17.0 Å². The summed E-state index contributed by atoms with van der Waals surface area (Å²) < 4.78 is 37.0. The Bertz CT molecular complexity index is 963. The summed E-state index contributed by atoms with van der Waals surface area (Å²) in [5.41, 5.74) is 2.23. The SMILES string of the molecule is Cc1ccc(/C=N/Nc2ccc(S(=O)(=O)N3CCOCC3)cc2[N+](=O)[O-])o1. The van der Waals surface area contributed by atoms with Crippen molar-refractivity contribution in [1.82, 2.24) is 4.31 Å². The topological polar surface area (TPSA) is 127 Å². The lowest BCUT2D eigenvalue weighted by atomic mass is 10.3. The van der Waals surface area contributed by atoms with Gasteiger partial charge in [-0.3, -0.25) is 15.5 Å². The molecule has 3 rings (SSSR count). The number of anilines is 1. The molecule has 1 aromatic carbocycles. The zero-order chi connectivity index (χ0) is 19.4. The second kappa shape index (κ2) is 7.86. The number of hydrazone groups is 1. The van der Waals surface area contributed by atoms with Crippen LogP contribution in [-0.4, -0.2) is 50.2 Å². The summed E-state index contributed by atoms with van der Waals surface area (Å²) in [6.45, 7) is 2.79. The molecule has 0 aliphatic carbocycles. The lowest BCUT2D eigenvalue weighted by molar-refractivity contribution is -0.384. The summed E-state index contributed by atoms with van der Waals surface area (Å²) >= 11 is 0. The van der Waals surface area contributed by atoms with Crippen molar-refractivity contribution in [3.05, 3.63) is 52.0 Å². The molecule has 144 valence electrons. The van der Waals surface area contributed by atoms with Gasteiger partial charge in [-0.25, -0.2) is 8.42 Å². The molecule has 0 amide bonds. The number of nitro benzene ring substituents is 1. The normalized spacial score (nSPS) is 15.9. The van der Waals surface area contributed by atoms with E-state index in [0.29, 0.717) is 24.7 Å². The molecule has 0 saturated carbocycles. The Labute approximate surface area is 155 Å². The second-order valence-electron chi connectivity index (χ2n) is 5.77. The largest absolute Gasteiger partial charge is 0.460 e. The van der Waals surface area contributed by atoms with Crippen molar-refractivity contribution in [2.45, 2.75) is 11.8 Å². The van der Waals surface area contributed by atoms with Crippen LogP contribution in [0.4, 0.5) is 11.4 Å². The molecule has 1 fully saturated rings. The number of sulfonamides is 1. The van der Waals surface area contributed by atoms with Crippen molar-refractivity contribution in [3.8, 4) is 0 Å². The first kappa shape index (κ1) is 19.0. The molecule has 1 aliphatic rings. The Hall–Kier alpha value is -2.76. The molecule has 11 heteroatoms. The first-order valence-electron chi connectivity index (χ1n) is 8.10. The van der Waals surface area contributed by atoms with E-state index in [1.807, 2.05) is 0 Å². The smallest absolute Gasteiger partial charge is 0.295 e. The summed E-state index contributed by atoms with van der Waals surface area (Å²) in [5, 5.41) is 15.3. The van der Waals surface area contributed by atoms with Gasteiger partial charge in [0.15, 0.2) is 0 Å². The van der Waals surface area contributed by atoms with E-state index in [9.17, 15) is 18.5 Å². The number of benzene rings is 1. The average molecular weight is 394 g/mol.